The maximum Gasteiger partial charge on any atom is 0.243 e. The van der Waals surface area contributed by atoms with Crippen molar-refractivity contribution >= 4 is 17.5 Å². The van der Waals surface area contributed by atoms with Crippen LogP contribution in [0.5, 0.6) is 5.75 Å². The monoisotopic (exact) mass is 602 g/mol. The SMILES string of the molecule is CC(C)CC(C(=O)NC(Cc1ccc(OCc2ccccc2)cc1)C(=O)NC(C)(C)CO)N(C)Cc1ccc(N(C)C)cc1. The van der Waals surface area contributed by atoms with E-state index in [0.717, 1.165) is 28.1 Å². The Bertz CT molecular complexity index is 1310. The normalized spacial score (nSPS) is 13.0. The molecule has 0 aromatic heterocycles. The molecular formula is C36H50N4O4. The summed E-state index contributed by atoms with van der Waals surface area (Å²) in [5.41, 5.74) is 3.35. The minimum atomic E-state index is -0.831. The molecule has 0 aliphatic carbocycles. The Balaban J connectivity index is 1.75. The minimum Gasteiger partial charge on any atom is -0.489 e. The molecule has 0 spiro atoms. The Labute approximate surface area is 263 Å². The van der Waals surface area contributed by atoms with E-state index in [1.54, 1.807) is 13.8 Å². The molecule has 0 radical (unpaired) electrons. The minimum absolute atomic E-state index is 0.198. The molecule has 3 aromatic rings. The Hall–Kier alpha value is -3.88. The second kappa shape index (κ2) is 16.3. The van der Waals surface area contributed by atoms with E-state index < -0.39 is 17.6 Å². The molecule has 3 N–H and O–H groups in total. The van der Waals surface area contributed by atoms with E-state index in [1.807, 2.05) is 80.6 Å². The van der Waals surface area contributed by atoms with Crippen LogP contribution in [0, 0.1) is 5.92 Å². The lowest BCUT2D eigenvalue weighted by Gasteiger charge is -2.32. The third-order valence-corrected chi connectivity index (χ3v) is 7.52. The molecular weight excluding hydrogens is 552 g/mol. The lowest BCUT2D eigenvalue weighted by Crippen LogP contribution is -2.57. The number of aliphatic hydroxyl groups is 1. The van der Waals surface area contributed by atoms with Gasteiger partial charge < -0.3 is 25.4 Å². The summed E-state index contributed by atoms with van der Waals surface area (Å²) in [6, 6.07) is 24.6. The van der Waals surface area contributed by atoms with Crippen LogP contribution in [0.15, 0.2) is 78.9 Å². The van der Waals surface area contributed by atoms with Gasteiger partial charge in [0.1, 0.15) is 18.4 Å². The number of carbonyl (C=O) groups is 2. The van der Waals surface area contributed by atoms with Crippen molar-refractivity contribution < 1.29 is 19.4 Å². The first-order valence-electron chi connectivity index (χ1n) is 15.3. The van der Waals surface area contributed by atoms with Gasteiger partial charge in [-0.1, -0.05) is 68.4 Å². The number of ether oxygens (including phenoxy) is 1. The van der Waals surface area contributed by atoms with E-state index in [1.165, 1.54) is 0 Å². The summed E-state index contributed by atoms with van der Waals surface area (Å²) in [7, 11) is 5.96. The number of nitrogens with zero attached hydrogens (tertiary/aromatic N) is 2. The van der Waals surface area contributed by atoms with Crippen molar-refractivity contribution in [3.8, 4) is 5.75 Å². The summed E-state index contributed by atoms with van der Waals surface area (Å²) in [6.45, 7) is 8.52. The predicted octanol–water partition coefficient (Wildman–Crippen LogP) is 4.79. The molecule has 8 nitrogen and oxygen atoms in total. The number of benzene rings is 3. The third-order valence-electron chi connectivity index (χ3n) is 7.52. The summed E-state index contributed by atoms with van der Waals surface area (Å²) in [6.07, 6.45) is 0.935. The van der Waals surface area contributed by atoms with Crippen molar-refractivity contribution in [1.82, 2.24) is 15.5 Å². The first-order chi connectivity index (χ1) is 20.9. The fraction of sp³-hybridized carbons (Fsp3) is 0.444. The van der Waals surface area contributed by atoms with Gasteiger partial charge in [-0.05, 0) is 74.2 Å². The summed E-state index contributed by atoms with van der Waals surface area (Å²) in [5.74, 6) is 0.456. The molecule has 238 valence electrons. The third kappa shape index (κ3) is 11.0. The van der Waals surface area contributed by atoms with Crippen LogP contribution >= 0.6 is 0 Å². The number of aliphatic hydroxyl groups excluding tert-OH is 1. The highest BCUT2D eigenvalue weighted by Crippen LogP contribution is 2.19. The molecule has 2 amide bonds. The molecule has 8 heteroatoms. The van der Waals surface area contributed by atoms with Gasteiger partial charge in [0, 0.05) is 32.7 Å². The Morgan fingerprint density at radius 1 is 0.841 bits per heavy atom. The molecule has 44 heavy (non-hydrogen) atoms. The highest BCUT2D eigenvalue weighted by molar-refractivity contribution is 5.90. The Morgan fingerprint density at radius 3 is 2.02 bits per heavy atom. The fourth-order valence-corrected chi connectivity index (χ4v) is 4.87. The summed E-state index contributed by atoms with van der Waals surface area (Å²) in [4.78, 5) is 31.5. The first kappa shape index (κ1) is 34.6. The molecule has 0 aliphatic rings. The quantitative estimate of drug-likeness (QED) is 0.218. The van der Waals surface area contributed by atoms with E-state index in [2.05, 4.69) is 53.6 Å². The van der Waals surface area contributed by atoms with E-state index in [0.29, 0.717) is 26.0 Å². The van der Waals surface area contributed by atoms with Crippen molar-refractivity contribution in [1.29, 1.82) is 0 Å². The zero-order valence-corrected chi connectivity index (χ0v) is 27.3. The summed E-state index contributed by atoms with van der Waals surface area (Å²) >= 11 is 0. The Kier molecular flexibility index (Phi) is 12.8. The number of hydrogen-bond donors (Lipinski definition) is 3. The van der Waals surface area contributed by atoms with Crippen LogP contribution in [0.4, 0.5) is 5.69 Å². The second-order valence-electron chi connectivity index (χ2n) is 12.8. The van der Waals surface area contributed by atoms with Crippen molar-refractivity contribution in [2.75, 3.05) is 32.6 Å². The molecule has 0 saturated heterocycles. The largest absolute Gasteiger partial charge is 0.489 e. The molecule has 0 heterocycles. The van der Waals surface area contributed by atoms with Crippen molar-refractivity contribution in [2.45, 2.75) is 71.3 Å². The van der Waals surface area contributed by atoms with Gasteiger partial charge in [0.25, 0.3) is 0 Å². The van der Waals surface area contributed by atoms with Crippen molar-refractivity contribution in [3.05, 3.63) is 95.6 Å². The van der Waals surface area contributed by atoms with Crippen LogP contribution in [-0.4, -0.2) is 67.2 Å². The van der Waals surface area contributed by atoms with Gasteiger partial charge in [-0.25, -0.2) is 0 Å². The van der Waals surface area contributed by atoms with Crippen LogP contribution in [0.2, 0.25) is 0 Å². The van der Waals surface area contributed by atoms with Crippen LogP contribution in [0.1, 0.15) is 50.8 Å². The van der Waals surface area contributed by atoms with Gasteiger partial charge in [0.15, 0.2) is 0 Å². The average molecular weight is 603 g/mol. The number of likely N-dealkylation sites (N-methyl/N-ethyl adjacent to an activating group) is 1. The van der Waals surface area contributed by atoms with Crippen molar-refractivity contribution in [3.63, 3.8) is 0 Å². The average Bonchev–Trinajstić information content (AvgIpc) is 2.99. The number of hydrogen-bond acceptors (Lipinski definition) is 6. The van der Waals surface area contributed by atoms with Gasteiger partial charge in [-0.2, -0.15) is 0 Å². The smallest absolute Gasteiger partial charge is 0.243 e. The van der Waals surface area contributed by atoms with Crippen LogP contribution in [0.25, 0.3) is 0 Å². The maximum atomic E-state index is 13.9. The molecule has 2 unspecified atom stereocenters. The maximum absolute atomic E-state index is 13.9. The molecule has 0 saturated carbocycles. The molecule has 3 aromatic carbocycles. The summed E-state index contributed by atoms with van der Waals surface area (Å²) in [5, 5.41) is 15.7. The zero-order valence-electron chi connectivity index (χ0n) is 27.3. The zero-order chi connectivity index (χ0) is 32.3. The summed E-state index contributed by atoms with van der Waals surface area (Å²) < 4.78 is 5.92. The van der Waals surface area contributed by atoms with Gasteiger partial charge in [0.2, 0.25) is 11.8 Å². The van der Waals surface area contributed by atoms with Gasteiger partial charge in [-0.15, -0.1) is 0 Å². The lowest BCUT2D eigenvalue weighted by atomic mass is 9.99. The molecule has 3 rings (SSSR count). The van der Waals surface area contributed by atoms with E-state index in [9.17, 15) is 14.7 Å². The highest BCUT2D eigenvalue weighted by Gasteiger charge is 2.31. The van der Waals surface area contributed by atoms with E-state index >= 15 is 0 Å². The van der Waals surface area contributed by atoms with E-state index in [4.69, 9.17) is 4.74 Å². The van der Waals surface area contributed by atoms with Crippen molar-refractivity contribution in [2.24, 2.45) is 5.92 Å². The van der Waals surface area contributed by atoms with Crippen LogP contribution in [-0.2, 0) is 29.2 Å². The van der Waals surface area contributed by atoms with Gasteiger partial charge >= 0.3 is 0 Å². The Morgan fingerprint density at radius 2 is 1.45 bits per heavy atom. The molecule has 0 bridgehead atoms. The van der Waals surface area contributed by atoms with Gasteiger partial charge in [0.05, 0.1) is 18.2 Å². The standard InChI is InChI=1S/C36H50N4O4/c1-26(2)21-33(40(7)23-28-13-17-30(18-14-28)39(5)6)35(43)37-32(34(42)38-36(3,4)25-41)22-27-15-19-31(20-16-27)44-24-29-11-9-8-10-12-29/h8-20,26,32-33,41H,21-25H2,1-7H3,(H,37,43)(H,38,42). The predicted molar refractivity (Wildman–Crippen MR) is 178 cm³/mol. The lowest BCUT2D eigenvalue weighted by molar-refractivity contribution is -0.133. The first-order valence-corrected chi connectivity index (χ1v) is 15.3. The highest BCUT2D eigenvalue weighted by atomic mass is 16.5. The number of anilines is 1. The molecule has 0 fully saturated rings. The van der Waals surface area contributed by atoms with Crippen LogP contribution in [0.3, 0.4) is 0 Å². The second-order valence-corrected chi connectivity index (χ2v) is 12.8. The number of amides is 2. The van der Waals surface area contributed by atoms with E-state index in [-0.39, 0.29) is 24.3 Å². The van der Waals surface area contributed by atoms with Gasteiger partial charge in [-0.3, -0.25) is 14.5 Å². The fourth-order valence-electron chi connectivity index (χ4n) is 4.87. The topological polar surface area (TPSA) is 94.1 Å². The molecule has 0 aliphatic heterocycles. The number of nitrogens with one attached hydrogen (secondary N) is 2. The van der Waals surface area contributed by atoms with Crippen LogP contribution < -0.4 is 20.3 Å². The number of rotatable bonds is 16. The molecule has 2 atom stereocenters. The number of carbonyl (C=O) groups excluding carboxylic acids is 2.